The molecule has 1 aromatic heterocycles. The third-order valence-electron chi connectivity index (χ3n) is 4.88. The lowest BCUT2D eigenvalue weighted by atomic mass is 9.98. The van der Waals surface area contributed by atoms with Gasteiger partial charge in [0.2, 0.25) is 0 Å². The summed E-state index contributed by atoms with van der Waals surface area (Å²) in [5.41, 5.74) is -0.981. The SMILES string of the molecule is CN=C(NCC1CCCN(Cc2cccs2)C1)NCC(C)(C)NC(=O)OC(C)(C)C. The summed E-state index contributed by atoms with van der Waals surface area (Å²) in [6.45, 7) is 14.2. The van der Waals surface area contributed by atoms with E-state index in [2.05, 4.69) is 43.4 Å². The van der Waals surface area contributed by atoms with Gasteiger partial charge < -0.3 is 20.7 Å². The second-order valence-corrected chi connectivity index (χ2v) is 10.7. The number of hydrogen-bond donors (Lipinski definition) is 3. The van der Waals surface area contributed by atoms with Crippen molar-refractivity contribution in [3.05, 3.63) is 22.4 Å². The van der Waals surface area contributed by atoms with Crippen molar-refractivity contribution in [1.29, 1.82) is 0 Å². The van der Waals surface area contributed by atoms with Crippen molar-refractivity contribution in [3.8, 4) is 0 Å². The van der Waals surface area contributed by atoms with E-state index >= 15 is 0 Å². The van der Waals surface area contributed by atoms with Gasteiger partial charge in [-0.3, -0.25) is 9.89 Å². The predicted octanol–water partition coefficient (Wildman–Crippen LogP) is 3.43. The van der Waals surface area contributed by atoms with Gasteiger partial charge in [-0.25, -0.2) is 4.79 Å². The molecule has 0 aliphatic carbocycles. The molecule has 0 saturated carbocycles. The van der Waals surface area contributed by atoms with Crippen molar-refractivity contribution < 1.29 is 9.53 Å². The van der Waals surface area contributed by atoms with Gasteiger partial charge in [-0.2, -0.15) is 0 Å². The third kappa shape index (κ3) is 9.34. The Labute approximate surface area is 185 Å². The molecule has 2 heterocycles. The maximum atomic E-state index is 12.1. The zero-order valence-corrected chi connectivity index (χ0v) is 20.2. The highest BCUT2D eigenvalue weighted by Crippen LogP contribution is 2.20. The van der Waals surface area contributed by atoms with Crippen molar-refractivity contribution in [2.45, 2.75) is 65.1 Å². The summed E-state index contributed by atoms with van der Waals surface area (Å²) in [5.74, 6) is 1.36. The molecule has 1 aliphatic heterocycles. The summed E-state index contributed by atoms with van der Waals surface area (Å²) in [4.78, 5) is 20.4. The lowest BCUT2D eigenvalue weighted by Gasteiger charge is -2.33. The molecule has 30 heavy (non-hydrogen) atoms. The Hall–Kier alpha value is -1.80. The largest absolute Gasteiger partial charge is 0.444 e. The lowest BCUT2D eigenvalue weighted by Crippen LogP contribution is -2.54. The van der Waals surface area contributed by atoms with Gasteiger partial charge in [0, 0.05) is 38.1 Å². The summed E-state index contributed by atoms with van der Waals surface area (Å²) in [5, 5.41) is 11.8. The van der Waals surface area contributed by atoms with Crippen LogP contribution in [0.1, 0.15) is 52.3 Å². The molecular formula is C22H39N5O2S. The molecule has 2 rings (SSSR count). The fourth-order valence-corrected chi connectivity index (χ4v) is 4.22. The summed E-state index contributed by atoms with van der Waals surface area (Å²) in [6, 6.07) is 4.34. The molecule has 0 aromatic carbocycles. The van der Waals surface area contributed by atoms with Crippen LogP contribution in [-0.4, -0.2) is 61.3 Å². The van der Waals surface area contributed by atoms with Crippen LogP contribution in [0.5, 0.6) is 0 Å². The molecule has 7 nitrogen and oxygen atoms in total. The molecule has 1 saturated heterocycles. The molecule has 1 aliphatic rings. The number of likely N-dealkylation sites (tertiary alicyclic amines) is 1. The number of guanidine groups is 1. The van der Waals surface area contributed by atoms with Crippen LogP contribution in [-0.2, 0) is 11.3 Å². The average Bonchev–Trinajstić information content (AvgIpc) is 3.13. The Balaban J connectivity index is 1.74. The van der Waals surface area contributed by atoms with Crippen LogP contribution in [0.2, 0.25) is 0 Å². The Morgan fingerprint density at radius 3 is 2.70 bits per heavy atom. The van der Waals surface area contributed by atoms with Crippen LogP contribution in [0, 0.1) is 5.92 Å². The van der Waals surface area contributed by atoms with Crippen molar-refractivity contribution in [3.63, 3.8) is 0 Å². The number of ether oxygens (including phenoxy) is 1. The van der Waals surface area contributed by atoms with Gasteiger partial charge in [0.05, 0.1) is 5.54 Å². The minimum Gasteiger partial charge on any atom is -0.444 e. The van der Waals surface area contributed by atoms with Crippen LogP contribution in [0.4, 0.5) is 4.79 Å². The molecule has 1 unspecified atom stereocenters. The quantitative estimate of drug-likeness (QED) is 0.450. The average molecular weight is 438 g/mol. The second-order valence-electron chi connectivity index (χ2n) is 9.64. The molecule has 0 spiro atoms. The first-order chi connectivity index (χ1) is 14.1. The first-order valence-corrected chi connectivity index (χ1v) is 11.6. The number of carbonyl (C=O) groups is 1. The van der Waals surface area contributed by atoms with E-state index in [1.165, 1.54) is 24.3 Å². The van der Waals surface area contributed by atoms with Crippen LogP contribution in [0.25, 0.3) is 0 Å². The normalized spacial score (nSPS) is 18.7. The molecular weight excluding hydrogens is 398 g/mol. The number of amides is 1. The summed E-state index contributed by atoms with van der Waals surface area (Å²) >= 11 is 1.83. The highest BCUT2D eigenvalue weighted by atomic mass is 32.1. The number of thiophene rings is 1. The summed E-state index contributed by atoms with van der Waals surface area (Å²) in [7, 11) is 1.77. The Morgan fingerprint density at radius 2 is 2.07 bits per heavy atom. The summed E-state index contributed by atoms with van der Waals surface area (Å²) < 4.78 is 5.35. The smallest absolute Gasteiger partial charge is 0.408 e. The standard InChI is InChI=1S/C22H39N5O2S/c1-21(2,3)29-20(28)26-22(4,5)16-25-19(23-6)24-13-17-9-7-11-27(14-17)15-18-10-8-12-30-18/h8,10,12,17H,7,9,11,13-16H2,1-6H3,(H,26,28)(H2,23,24,25). The number of nitrogens with zero attached hydrogens (tertiary/aromatic N) is 2. The number of aliphatic imine (C=N–C) groups is 1. The number of nitrogens with one attached hydrogen (secondary N) is 3. The first-order valence-electron chi connectivity index (χ1n) is 10.8. The lowest BCUT2D eigenvalue weighted by molar-refractivity contribution is 0.0474. The number of piperidine rings is 1. The Bertz CT molecular complexity index is 682. The molecule has 1 atom stereocenters. The minimum atomic E-state index is -0.511. The van der Waals surface area contributed by atoms with E-state index in [1.807, 2.05) is 46.0 Å². The number of carbonyl (C=O) groups excluding carboxylic acids is 1. The van der Waals surface area contributed by atoms with E-state index in [0.717, 1.165) is 25.6 Å². The fraction of sp³-hybridized carbons (Fsp3) is 0.727. The molecule has 0 bridgehead atoms. The van der Waals surface area contributed by atoms with Crippen LogP contribution in [0.15, 0.2) is 22.5 Å². The van der Waals surface area contributed by atoms with Gasteiger partial charge in [-0.05, 0) is 71.4 Å². The Kier molecular flexibility index (Phi) is 8.97. The maximum Gasteiger partial charge on any atom is 0.408 e. The number of alkyl carbamates (subject to hydrolysis) is 1. The zero-order chi connectivity index (χ0) is 22.2. The maximum absolute atomic E-state index is 12.1. The van der Waals surface area contributed by atoms with E-state index < -0.39 is 17.2 Å². The van der Waals surface area contributed by atoms with Crippen molar-refractivity contribution in [2.24, 2.45) is 10.9 Å². The van der Waals surface area contributed by atoms with Crippen LogP contribution < -0.4 is 16.0 Å². The third-order valence-corrected chi connectivity index (χ3v) is 5.74. The monoisotopic (exact) mass is 437 g/mol. The number of rotatable bonds is 7. The topological polar surface area (TPSA) is 78.0 Å². The number of hydrogen-bond acceptors (Lipinski definition) is 5. The highest BCUT2D eigenvalue weighted by molar-refractivity contribution is 7.09. The molecule has 170 valence electrons. The van der Waals surface area contributed by atoms with Crippen LogP contribution >= 0.6 is 11.3 Å². The minimum absolute atomic E-state index is 0.412. The van der Waals surface area contributed by atoms with E-state index in [4.69, 9.17) is 4.74 Å². The van der Waals surface area contributed by atoms with Gasteiger partial charge >= 0.3 is 6.09 Å². The summed E-state index contributed by atoms with van der Waals surface area (Å²) in [6.07, 6.45) is 2.05. The van der Waals surface area contributed by atoms with E-state index in [-0.39, 0.29) is 0 Å². The second kappa shape index (κ2) is 11.0. The van der Waals surface area contributed by atoms with Crippen molar-refractivity contribution >= 4 is 23.4 Å². The van der Waals surface area contributed by atoms with E-state index in [9.17, 15) is 4.79 Å². The van der Waals surface area contributed by atoms with Crippen molar-refractivity contribution in [2.75, 3.05) is 33.2 Å². The molecule has 1 amide bonds. The van der Waals surface area contributed by atoms with Gasteiger partial charge in [0.1, 0.15) is 5.60 Å². The fourth-order valence-electron chi connectivity index (χ4n) is 3.47. The zero-order valence-electron chi connectivity index (χ0n) is 19.4. The van der Waals surface area contributed by atoms with Crippen LogP contribution in [0.3, 0.4) is 0 Å². The molecule has 0 radical (unpaired) electrons. The van der Waals surface area contributed by atoms with Gasteiger partial charge in [0.25, 0.3) is 0 Å². The first kappa shape index (κ1) is 24.5. The predicted molar refractivity (Wildman–Crippen MR) is 125 cm³/mol. The van der Waals surface area contributed by atoms with Gasteiger partial charge in [-0.1, -0.05) is 6.07 Å². The Morgan fingerprint density at radius 1 is 1.30 bits per heavy atom. The highest BCUT2D eigenvalue weighted by Gasteiger charge is 2.25. The van der Waals surface area contributed by atoms with Gasteiger partial charge in [-0.15, -0.1) is 11.3 Å². The van der Waals surface area contributed by atoms with Gasteiger partial charge in [0.15, 0.2) is 5.96 Å². The van der Waals surface area contributed by atoms with E-state index in [1.54, 1.807) is 7.05 Å². The van der Waals surface area contributed by atoms with Crippen molar-refractivity contribution in [1.82, 2.24) is 20.9 Å². The van der Waals surface area contributed by atoms with E-state index in [0.29, 0.717) is 12.5 Å². The molecule has 1 aromatic rings. The molecule has 8 heteroatoms. The molecule has 1 fully saturated rings. The molecule has 3 N–H and O–H groups in total.